The van der Waals surface area contributed by atoms with Crippen molar-refractivity contribution in [3.63, 3.8) is 0 Å². The Morgan fingerprint density at radius 1 is 0.542 bits per heavy atom. The van der Waals surface area contributed by atoms with E-state index in [1.54, 1.807) is 12.1 Å². The Hall–Kier alpha value is -2.84. The molecule has 4 aliphatic heterocycles. The van der Waals surface area contributed by atoms with Crippen LogP contribution in [0.3, 0.4) is 0 Å². The third-order valence-corrected chi connectivity index (χ3v) is 9.18. The van der Waals surface area contributed by atoms with Gasteiger partial charge < -0.3 is 78.7 Å². The van der Waals surface area contributed by atoms with Crippen LogP contribution in [-0.4, -0.2) is 142 Å². The van der Waals surface area contributed by atoms with Gasteiger partial charge in [-0.05, 0) is 60.1 Å². The van der Waals surface area contributed by atoms with E-state index in [9.17, 15) is 40.9 Å². The number of hydrogen-bond acceptors (Lipinski definition) is 16. The summed E-state index contributed by atoms with van der Waals surface area (Å²) in [4.78, 5) is 0. The minimum atomic E-state index is -1.63. The standard InChI is InChI=1S/C32H42O16/c33-9-23-25(35)27(37)29(39)31(47-23)41-11-17(5-15-1-3-19-21(7-15)45-13-43-19)18(6-16-2-4-20-22(8-16)46-14-44-20)12-42-32-30(40)28(38)26(36)24(10-34)48-32/h1-4,7-8,17-18,23-40H,5-6,9-14H2/t17-,18-,23+,24+,25+,26+,27-,28-,29+,30+,31+,32+/m0/s1. The van der Waals surface area contributed by atoms with Gasteiger partial charge in [0.05, 0.1) is 26.4 Å². The number of aliphatic hydroxyl groups excluding tert-OH is 8. The van der Waals surface area contributed by atoms with Crippen molar-refractivity contribution in [3.05, 3.63) is 47.5 Å². The molecule has 6 rings (SSSR count). The Morgan fingerprint density at radius 3 is 1.33 bits per heavy atom. The normalized spacial score (nSPS) is 33.8. The van der Waals surface area contributed by atoms with Crippen molar-refractivity contribution < 1.29 is 78.7 Å². The molecular weight excluding hydrogens is 640 g/mol. The molecule has 0 unspecified atom stereocenters. The summed E-state index contributed by atoms with van der Waals surface area (Å²) in [6.45, 7) is -1.23. The van der Waals surface area contributed by atoms with Gasteiger partial charge in [0.15, 0.2) is 35.6 Å². The van der Waals surface area contributed by atoms with Crippen molar-refractivity contribution in [3.8, 4) is 23.0 Å². The number of rotatable bonds is 13. The fraction of sp³-hybridized carbons (Fsp3) is 0.625. The highest BCUT2D eigenvalue weighted by molar-refractivity contribution is 5.45. The van der Waals surface area contributed by atoms with E-state index in [2.05, 4.69) is 0 Å². The second-order valence-corrected chi connectivity index (χ2v) is 12.4. The smallest absolute Gasteiger partial charge is 0.231 e. The lowest BCUT2D eigenvalue weighted by Crippen LogP contribution is -2.59. The van der Waals surface area contributed by atoms with E-state index < -0.39 is 86.5 Å². The molecule has 0 spiro atoms. The van der Waals surface area contributed by atoms with Gasteiger partial charge in [-0.1, -0.05) is 12.1 Å². The Balaban J connectivity index is 1.27. The SMILES string of the molecule is OC[C@H]1O[C@@H](OC[C@H](Cc2ccc3c(c2)OCO3)[C@H](CO[C@@H]2O[C@H](CO)[C@@H](O)[C@H](O)[C@H]2O)Cc2ccc3c(c2)OCO3)[C@H](O)[C@@H](O)[C@@H]1O. The molecule has 2 aromatic rings. The zero-order valence-electron chi connectivity index (χ0n) is 25.9. The lowest BCUT2D eigenvalue weighted by molar-refractivity contribution is -0.308. The number of hydrogen-bond donors (Lipinski definition) is 8. The number of ether oxygens (including phenoxy) is 8. The highest BCUT2D eigenvalue weighted by Crippen LogP contribution is 2.37. The lowest BCUT2D eigenvalue weighted by atomic mass is 9.83. The third-order valence-electron chi connectivity index (χ3n) is 9.18. The monoisotopic (exact) mass is 682 g/mol. The van der Waals surface area contributed by atoms with E-state index in [0.717, 1.165) is 11.1 Å². The topological polar surface area (TPSA) is 236 Å². The van der Waals surface area contributed by atoms with Gasteiger partial charge in [-0.15, -0.1) is 0 Å². The molecule has 266 valence electrons. The van der Waals surface area contributed by atoms with Gasteiger partial charge >= 0.3 is 0 Å². The fourth-order valence-corrected chi connectivity index (χ4v) is 6.31. The largest absolute Gasteiger partial charge is 0.454 e. The molecule has 12 atom stereocenters. The average molecular weight is 683 g/mol. The summed E-state index contributed by atoms with van der Waals surface area (Å²) in [5.74, 6) is 1.43. The van der Waals surface area contributed by atoms with Crippen molar-refractivity contribution in [1.29, 1.82) is 0 Å². The van der Waals surface area contributed by atoms with Crippen LogP contribution < -0.4 is 18.9 Å². The first-order chi connectivity index (χ1) is 23.2. The summed E-state index contributed by atoms with van der Waals surface area (Å²) in [6, 6.07) is 11.0. The summed E-state index contributed by atoms with van der Waals surface area (Å²) in [5, 5.41) is 81.8. The zero-order valence-corrected chi connectivity index (χ0v) is 25.9. The first kappa shape index (κ1) is 35.0. The number of aliphatic hydroxyl groups is 8. The van der Waals surface area contributed by atoms with E-state index in [1.807, 2.05) is 24.3 Å². The molecule has 4 aliphatic rings. The maximum Gasteiger partial charge on any atom is 0.231 e. The van der Waals surface area contributed by atoms with Crippen LogP contribution in [0.1, 0.15) is 11.1 Å². The maximum atomic E-state index is 10.7. The molecule has 16 heteroatoms. The van der Waals surface area contributed by atoms with Crippen molar-refractivity contribution in [2.75, 3.05) is 40.0 Å². The van der Waals surface area contributed by atoms with E-state index in [4.69, 9.17) is 37.9 Å². The minimum Gasteiger partial charge on any atom is -0.454 e. The van der Waals surface area contributed by atoms with Crippen LogP contribution in [0.5, 0.6) is 23.0 Å². The number of fused-ring (bicyclic) bond motifs is 2. The first-order valence-corrected chi connectivity index (χ1v) is 15.8. The molecule has 0 aliphatic carbocycles. The van der Waals surface area contributed by atoms with Crippen molar-refractivity contribution in [1.82, 2.24) is 0 Å². The van der Waals surface area contributed by atoms with Crippen molar-refractivity contribution >= 4 is 0 Å². The molecule has 2 aromatic carbocycles. The third kappa shape index (κ3) is 7.50. The van der Waals surface area contributed by atoms with Gasteiger partial charge in [-0.3, -0.25) is 0 Å². The second kappa shape index (κ2) is 15.4. The van der Waals surface area contributed by atoms with Crippen LogP contribution in [-0.2, 0) is 31.8 Å². The van der Waals surface area contributed by atoms with Gasteiger partial charge in [0.1, 0.15) is 48.8 Å². The minimum absolute atomic E-state index is 0.0790. The Morgan fingerprint density at radius 2 is 0.938 bits per heavy atom. The summed E-state index contributed by atoms with van der Waals surface area (Å²) >= 11 is 0. The van der Waals surface area contributed by atoms with E-state index in [1.165, 1.54) is 0 Å². The van der Waals surface area contributed by atoms with Crippen molar-refractivity contribution in [2.24, 2.45) is 11.8 Å². The molecule has 0 aromatic heterocycles. The predicted octanol–water partition coefficient (Wildman–Crippen LogP) is -2.21. The summed E-state index contributed by atoms with van der Waals surface area (Å²) in [6.07, 6.45) is -14.0. The Labute approximate surface area is 275 Å². The summed E-state index contributed by atoms with van der Waals surface area (Å²) < 4.78 is 45.3. The predicted molar refractivity (Wildman–Crippen MR) is 159 cm³/mol. The molecule has 0 radical (unpaired) electrons. The molecule has 4 heterocycles. The summed E-state index contributed by atoms with van der Waals surface area (Å²) in [5.41, 5.74) is 1.68. The molecule has 0 amide bonds. The molecule has 8 N–H and O–H groups in total. The zero-order chi connectivity index (χ0) is 33.9. The highest BCUT2D eigenvalue weighted by Gasteiger charge is 2.46. The van der Waals surface area contributed by atoms with Gasteiger partial charge in [0, 0.05) is 0 Å². The van der Waals surface area contributed by atoms with Gasteiger partial charge in [-0.25, -0.2) is 0 Å². The van der Waals surface area contributed by atoms with E-state index >= 15 is 0 Å². The van der Waals surface area contributed by atoms with Crippen LogP contribution in [0.2, 0.25) is 0 Å². The van der Waals surface area contributed by atoms with Crippen molar-refractivity contribution in [2.45, 2.75) is 74.3 Å². The Bertz CT molecular complexity index is 1260. The molecule has 2 saturated heterocycles. The number of benzene rings is 2. The maximum absolute atomic E-state index is 10.7. The molecule has 2 fully saturated rings. The molecular formula is C32H42O16. The summed E-state index contributed by atoms with van der Waals surface area (Å²) in [7, 11) is 0. The molecule has 0 saturated carbocycles. The van der Waals surface area contributed by atoms with E-state index in [-0.39, 0.29) is 26.8 Å². The average Bonchev–Trinajstić information content (AvgIpc) is 3.77. The second-order valence-electron chi connectivity index (χ2n) is 12.4. The molecule has 48 heavy (non-hydrogen) atoms. The van der Waals surface area contributed by atoms with Gasteiger partial charge in [-0.2, -0.15) is 0 Å². The van der Waals surface area contributed by atoms with Crippen LogP contribution in [0.25, 0.3) is 0 Å². The fourth-order valence-electron chi connectivity index (χ4n) is 6.31. The van der Waals surface area contributed by atoms with E-state index in [0.29, 0.717) is 35.8 Å². The first-order valence-electron chi connectivity index (χ1n) is 15.8. The Kier molecular flexibility index (Phi) is 11.2. The van der Waals surface area contributed by atoms with Crippen LogP contribution in [0.4, 0.5) is 0 Å². The van der Waals surface area contributed by atoms with Gasteiger partial charge in [0.2, 0.25) is 13.6 Å². The highest BCUT2D eigenvalue weighted by atomic mass is 16.7. The van der Waals surface area contributed by atoms with Crippen LogP contribution in [0.15, 0.2) is 36.4 Å². The molecule has 16 nitrogen and oxygen atoms in total. The quantitative estimate of drug-likeness (QED) is 0.112. The van der Waals surface area contributed by atoms with Crippen LogP contribution in [0, 0.1) is 11.8 Å². The van der Waals surface area contributed by atoms with Gasteiger partial charge in [0.25, 0.3) is 0 Å². The lowest BCUT2D eigenvalue weighted by Gasteiger charge is -2.41. The van der Waals surface area contributed by atoms with Crippen LogP contribution >= 0.6 is 0 Å². The molecule has 0 bridgehead atoms.